The summed E-state index contributed by atoms with van der Waals surface area (Å²) < 4.78 is 11.1. The number of aliphatic imine (C=N–C) groups is 1. The lowest BCUT2D eigenvalue weighted by molar-refractivity contribution is 0.297. The molecule has 1 aliphatic heterocycles. The van der Waals surface area contributed by atoms with E-state index in [4.69, 9.17) is 15.2 Å². The van der Waals surface area contributed by atoms with Crippen LogP contribution < -0.4 is 20.5 Å². The zero-order chi connectivity index (χ0) is 11.4. The van der Waals surface area contributed by atoms with Gasteiger partial charge in [0.25, 0.3) is 0 Å². The van der Waals surface area contributed by atoms with Crippen LogP contribution in [0, 0.1) is 0 Å². The lowest BCUT2D eigenvalue weighted by Gasteiger charge is -2.10. The molecule has 86 valence electrons. The van der Waals surface area contributed by atoms with Crippen molar-refractivity contribution in [1.29, 1.82) is 0 Å². The number of benzene rings is 1. The summed E-state index contributed by atoms with van der Waals surface area (Å²) in [5, 5.41) is 2.95. The van der Waals surface area contributed by atoms with E-state index in [0.717, 1.165) is 23.6 Å². The van der Waals surface area contributed by atoms with Crippen molar-refractivity contribution in [2.24, 2.45) is 10.7 Å². The highest BCUT2D eigenvalue weighted by molar-refractivity contribution is 5.92. The van der Waals surface area contributed by atoms with Gasteiger partial charge in [-0.3, -0.25) is 4.99 Å². The highest BCUT2D eigenvalue weighted by Crippen LogP contribution is 2.32. The first kappa shape index (κ1) is 10.6. The molecule has 2 rings (SSSR count). The summed E-state index contributed by atoms with van der Waals surface area (Å²) >= 11 is 0. The highest BCUT2D eigenvalue weighted by Gasteiger charge is 2.10. The second-order valence-electron chi connectivity index (χ2n) is 3.45. The highest BCUT2D eigenvalue weighted by atomic mass is 16.5. The van der Waals surface area contributed by atoms with Crippen LogP contribution in [0.3, 0.4) is 0 Å². The predicted octanol–water partition coefficient (Wildman–Crippen LogP) is 1.20. The second kappa shape index (κ2) is 4.74. The number of nitrogens with two attached hydrogens (primary N) is 1. The van der Waals surface area contributed by atoms with Crippen molar-refractivity contribution >= 4 is 11.6 Å². The molecule has 0 aromatic heterocycles. The van der Waals surface area contributed by atoms with E-state index in [0.29, 0.717) is 19.2 Å². The molecule has 1 aromatic rings. The first-order valence-corrected chi connectivity index (χ1v) is 5.18. The minimum atomic E-state index is 0.370. The molecule has 0 unspecified atom stereocenters. The molecule has 0 radical (unpaired) electrons. The molecule has 0 saturated heterocycles. The monoisotopic (exact) mass is 221 g/mol. The Kier molecular flexibility index (Phi) is 3.14. The molecular weight excluding hydrogens is 206 g/mol. The first-order chi connectivity index (χ1) is 7.79. The Morgan fingerprint density at radius 3 is 2.81 bits per heavy atom. The summed E-state index contributed by atoms with van der Waals surface area (Å²) in [4.78, 5) is 3.83. The maximum atomic E-state index is 5.58. The minimum Gasteiger partial charge on any atom is -0.490 e. The fourth-order valence-corrected chi connectivity index (χ4v) is 1.44. The fourth-order valence-electron chi connectivity index (χ4n) is 1.44. The fraction of sp³-hybridized carbons (Fsp3) is 0.364. The predicted molar refractivity (Wildman–Crippen MR) is 63.2 cm³/mol. The largest absolute Gasteiger partial charge is 0.490 e. The van der Waals surface area contributed by atoms with E-state index >= 15 is 0 Å². The second-order valence-corrected chi connectivity index (χ2v) is 3.45. The van der Waals surface area contributed by atoms with E-state index in [1.54, 1.807) is 7.05 Å². The van der Waals surface area contributed by atoms with Crippen LogP contribution in [0.4, 0.5) is 5.69 Å². The van der Waals surface area contributed by atoms with E-state index in [9.17, 15) is 0 Å². The van der Waals surface area contributed by atoms with Gasteiger partial charge >= 0.3 is 0 Å². The van der Waals surface area contributed by atoms with Gasteiger partial charge in [-0.2, -0.15) is 0 Å². The van der Waals surface area contributed by atoms with Crippen LogP contribution >= 0.6 is 0 Å². The molecule has 1 aromatic carbocycles. The van der Waals surface area contributed by atoms with E-state index in [2.05, 4.69) is 10.3 Å². The van der Waals surface area contributed by atoms with Gasteiger partial charge in [0.15, 0.2) is 17.5 Å². The Morgan fingerprint density at radius 2 is 2.06 bits per heavy atom. The van der Waals surface area contributed by atoms with Gasteiger partial charge in [-0.15, -0.1) is 0 Å². The third kappa shape index (κ3) is 2.36. The van der Waals surface area contributed by atoms with Gasteiger partial charge in [0.05, 0.1) is 13.2 Å². The number of hydrogen-bond donors (Lipinski definition) is 2. The molecule has 0 atom stereocenters. The quantitative estimate of drug-likeness (QED) is 0.552. The maximum Gasteiger partial charge on any atom is 0.192 e. The average Bonchev–Trinajstić information content (AvgIpc) is 2.53. The van der Waals surface area contributed by atoms with E-state index in [1.165, 1.54) is 0 Å². The molecule has 5 nitrogen and oxygen atoms in total. The molecule has 1 aliphatic rings. The van der Waals surface area contributed by atoms with Crippen LogP contribution in [0.1, 0.15) is 6.42 Å². The van der Waals surface area contributed by atoms with Gasteiger partial charge in [0.2, 0.25) is 0 Å². The van der Waals surface area contributed by atoms with Gasteiger partial charge in [-0.25, -0.2) is 0 Å². The Balaban J connectivity index is 2.20. The van der Waals surface area contributed by atoms with Crippen LogP contribution in [-0.4, -0.2) is 26.2 Å². The van der Waals surface area contributed by atoms with Crippen LogP contribution in [0.25, 0.3) is 0 Å². The summed E-state index contributed by atoms with van der Waals surface area (Å²) in [6.45, 7) is 1.37. The van der Waals surface area contributed by atoms with Crippen LogP contribution in [0.5, 0.6) is 11.5 Å². The number of nitrogens with one attached hydrogen (secondary N) is 1. The molecule has 0 saturated carbocycles. The van der Waals surface area contributed by atoms with Crippen LogP contribution in [0.15, 0.2) is 23.2 Å². The van der Waals surface area contributed by atoms with Crippen molar-refractivity contribution in [2.75, 3.05) is 25.6 Å². The summed E-state index contributed by atoms with van der Waals surface area (Å²) in [6.07, 6.45) is 0.899. The molecule has 1 heterocycles. The summed E-state index contributed by atoms with van der Waals surface area (Å²) in [5.41, 5.74) is 6.42. The van der Waals surface area contributed by atoms with Gasteiger partial charge in [0.1, 0.15) is 0 Å². The summed E-state index contributed by atoms with van der Waals surface area (Å²) in [6, 6.07) is 5.61. The normalized spacial score (nSPS) is 15.4. The zero-order valence-electron chi connectivity index (χ0n) is 9.19. The average molecular weight is 221 g/mol. The maximum absolute atomic E-state index is 5.58. The van der Waals surface area contributed by atoms with Gasteiger partial charge in [-0.1, -0.05) is 0 Å². The van der Waals surface area contributed by atoms with Crippen molar-refractivity contribution < 1.29 is 9.47 Å². The number of ether oxygens (including phenoxy) is 2. The standard InChI is InChI=1S/C11H15N3O2/c1-13-11(12)14-8-3-4-9-10(7-8)16-6-2-5-15-9/h3-4,7H,2,5-6H2,1H3,(H3,12,13,14). The summed E-state index contributed by atoms with van der Waals surface area (Å²) in [7, 11) is 1.63. The molecule has 0 fully saturated rings. The Labute approximate surface area is 94.3 Å². The Morgan fingerprint density at radius 1 is 1.31 bits per heavy atom. The number of hydrogen-bond acceptors (Lipinski definition) is 3. The zero-order valence-corrected chi connectivity index (χ0v) is 9.19. The lowest BCUT2D eigenvalue weighted by Crippen LogP contribution is -2.21. The van der Waals surface area contributed by atoms with Crippen molar-refractivity contribution in [1.82, 2.24) is 0 Å². The van der Waals surface area contributed by atoms with E-state index in [-0.39, 0.29) is 0 Å². The van der Waals surface area contributed by atoms with E-state index in [1.807, 2.05) is 18.2 Å². The smallest absolute Gasteiger partial charge is 0.192 e. The number of guanidine groups is 1. The number of rotatable bonds is 1. The molecule has 0 spiro atoms. The summed E-state index contributed by atoms with van der Waals surface area (Å²) in [5.74, 6) is 1.89. The third-order valence-corrected chi connectivity index (χ3v) is 2.26. The van der Waals surface area contributed by atoms with Gasteiger partial charge < -0.3 is 20.5 Å². The van der Waals surface area contributed by atoms with Crippen molar-refractivity contribution in [3.05, 3.63) is 18.2 Å². The molecule has 0 aliphatic carbocycles. The third-order valence-electron chi connectivity index (χ3n) is 2.26. The molecule has 0 amide bonds. The van der Waals surface area contributed by atoms with Crippen molar-refractivity contribution in [3.63, 3.8) is 0 Å². The van der Waals surface area contributed by atoms with Crippen LogP contribution in [-0.2, 0) is 0 Å². The Hall–Kier alpha value is -1.91. The molecule has 16 heavy (non-hydrogen) atoms. The van der Waals surface area contributed by atoms with Crippen LogP contribution in [0.2, 0.25) is 0 Å². The van der Waals surface area contributed by atoms with E-state index < -0.39 is 0 Å². The SMILES string of the molecule is CN=C(N)Nc1ccc2c(c1)OCCCO2. The molecular formula is C11H15N3O2. The number of nitrogens with zero attached hydrogens (tertiary/aromatic N) is 1. The first-order valence-electron chi connectivity index (χ1n) is 5.18. The van der Waals surface area contributed by atoms with Crippen molar-refractivity contribution in [3.8, 4) is 11.5 Å². The molecule has 0 bridgehead atoms. The number of fused-ring (bicyclic) bond motifs is 1. The van der Waals surface area contributed by atoms with Gasteiger partial charge in [0, 0.05) is 25.2 Å². The molecule has 3 N–H and O–H groups in total. The lowest BCUT2D eigenvalue weighted by atomic mass is 10.3. The topological polar surface area (TPSA) is 68.9 Å². The minimum absolute atomic E-state index is 0.370. The Bertz CT molecular complexity index is 404. The number of anilines is 1. The molecule has 5 heteroatoms. The van der Waals surface area contributed by atoms with Gasteiger partial charge in [-0.05, 0) is 12.1 Å². The van der Waals surface area contributed by atoms with Crippen molar-refractivity contribution in [2.45, 2.75) is 6.42 Å².